The molecule has 0 aliphatic carbocycles. The van der Waals surface area contributed by atoms with E-state index in [1.54, 1.807) is 24.8 Å². The van der Waals surface area contributed by atoms with Crippen molar-refractivity contribution in [2.75, 3.05) is 57.8 Å². The first-order valence-corrected chi connectivity index (χ1v) is 13.0. The van der Waals surface area contributed by atoms with Gasteiger partial charge in [-0.2, -0.15) is 0 Å². The van der Waals surface area contributed by atoms with E-state index in [0.717, 1.165) is 72.2 Å². The van der Waals surface area contributed by atoms with Gasteiger partial charge in [0.05, 0.1) is 19.0 Å². The summed E-state index contributed by atoms with van der Waals surface area (Å²) in [6.07, 6.45) is 2.89. The van der Waals surface area contributed by atoms with Crippen molar-refractivity contribution in [1.29, 1.82) is 0 Å². The molecule has 0 bridgehead atoms. The third kappa shape index (κ3) is 4.74. The second kappa shape index (κ2) is 9.88. The van der Waals surface area contributed by atoms with Crippen molar-refractivity contribution in [3.8, 4) is 16.9 Å². The van der Waals surface area contributed by atoms with Gasteiger partial charge in [-0.25, -0.2) is 9.97 Å². The van der Waals surface area contributed by atoms with E-state index >= 15 is 0 Å². The number of fused-ring (bicyclic) bond motifs is 1. The normalized spacial score (nSPS) is 21.7. The van der Waals surface area contributed by atoms with E-state index in [-0.39, 0.29) is 5.91 Å². The number of carbonyl (C=O) groups is 1. The van der Waals surface area contributed by atoms with Crippen molar-refractivity contribution in [3.05, 3.63) is 36.0 Å². The van der Waals surface area contributed by atoms with Gasteiger partial charge in [0.1, 0.15) is 22.7 Å². The molecule has 8 heteroatoms. The molecule has 0 N–H and O–H groups in total. The summed E-state index contributed by atoms with van der Waals surface area (Å²) >= 11 is 1.65. The third-order valence-electron chi connectivity index (χ3n) is 7.00. The number of rotatable bonds is 5. The Morgan fingerprint density at radius 3 is 2.44 bits per heavy atom. The van der Waals surface area contributed by atoms with Crippen LogP contribution >= 0.6 is 11.3 Å². The summed E-state index contributed by atoms with van der Waals surface area (Å²) in [6.45, 7) is 10.2. The lowest BCUT2D eigenvalue weighted by molar-refractivity contribution is -0.135. The molecule has 2 aliphatic heterocycles. The number of hydrogen-bond acceptors (Lipinski definition) is 7. The summed E-state index contributed by atoms with van der Waals surface area (Å²) in [5, 5.41) is 3.28. The number of piperidine rings is 1. The van der Waals surface area contributed by atoms with Crippen LogP contribution in [0.5, 0.6) is 5.75 Å². The number of ether oxygens (including phenoxy) is 1. The van der Waals surface area contributed by atoms with Gasteiger partial charge >= 0.3 is 0 Å². The van der Waals surface area contributed by atoms with E-state index < -0.39 is 0 Å². The second-order valence-corrected chi connectivity index (χ2v) is 10.6. The molecule has 5 rings (SSSR count). The highest BCUT2D eigenvalue weighted by molar-refractivity contribution is 7.17. The number of piperazine rings is 1. The SMILES string of the molecule is COc1ccc(-c2csc3ncnc(N4CCN(CC(=O)N5CC(C)CC(C)C5)CC4)c23)cc1. The molecule has 7 nitrogen and oxygen atoms in total. The molecular weight excluding hydrogens is 446 g/mol. The molecule has 2 aromatic heterocycles. The standard InChI is InChI=1S/C26H33N5O2S/c1-18-12-19(2)14-31(13-18)23(32)15-29-8-10-30(11-9-29)25-24-22(16-34-26(24)28-17-27-25)20-4-6-21(33-3)7-5-20/h4-7,16-19H,8-15H2,1-3H3. The number of amides is 1. The van der Waals surface area contributed by atoms with E-state index in [1.807, 2.05) is 12.1 Å². The highest BCUT2D eigenvalue weighted by Crippen LogP contribution is 2.38. The molecule has 2 aliphatic rings. The highest BCUT2D eigenvalue weighted by atomic mass is 32.1. The quantitative estimate of drug-likeness (QED) is 0.551. The number of nitrogens with zero attached hydrogens (tertiary/aromatic N) is 5. The minimum atomic E-state index is 0.274. The first-order valence-electron chi connectivity index (χ1n) is 12.1. The number of likely N-dealkylation sites (tertiary alicyclic amines) is 1. The Balaban J connectivity index is 1.28. The number of hydrogen-bond donors (Lipinski definition) is 0. The van der Waals surface area contributed by atoms with Gasteiger partial charge in [-0.1, -0.05) is 26.0 Å². The van der Waals surface area contributed by atoms with Crippen molar-refractivity contribution < 1.29 is 9.53 Å². The Bertz CT molecular complexity index is 1130. The lowest BCUT2D eigenvalue weighted by atomic mass is 9.92. The molecular formula is C26H33N5O2S. The predicted molar refractivity (Wildman–Crippen MR) is 138 cm³/mol. The second-order valence-electron chi connectivity index (χ2n) is 9.76. The zero-order valence-corrected chi connectivity index (χ0v) is 21.1. The van der Waals surface area contributed by atoms with Crippen LogP contribution in [0, 0.1) is 11.8 Å². The van der Waals surface area contributed by atoms with Gasteiger partial charge in [-0.05, 0) is 36.0 Å². The Kier molecular flexibility index (Phi) is 6.70. The fourth-order valence-corrected chi connectivity index (χ4v) is 6.27. The maximum atomic E-state index is 12.9. The Hall–Kier alpha value is -2.71. The van der Waals surface area contributed by atoms with E-state index in [2.05, 4.69) is 51.0 Å². The fraction of sp³-hybridized carbons (Fsp3) is 0.500. The topological polar surface area (TPSA) is 61.8 Å². The number of anilines is 1. The van der Waals surface area contributed by atoms with E-state index in [9.17, 15) is 4.79 Å². The van der Waals surface area contributed by atoms with Gasteiger partial charge in [-0.15, -0.1) is 11.3 Å². The van der Waals surface area contributed by atoms with Gasteiger partial charge in [0, 0.05) is 50.2 Å². The van der Waals surface area contributed by atoms with Gasteiger partial charge in [0.15, 0.2) is 0 Å². The summed E-state index contributed by atoms with van der Waals surface area (Å²) in [4.78, 5) is 29.9. The Labute approximate surface area is 205 Å². The first-order chi connectivity index (χ1) is 16.5. The molecule has 2 saturated heterocycles. The molecule has 1 amide bonds. The van der Waals surface area contributed by atoms with Crippen molar-refractivity contribution in [2.24, 2.45) is 11.8 Å². The molecule has 180 valence electrons. The molecule has 0 saturated carbocycles. The monoisotopic (exact) mass is 479 g/mol. The molecule has 1 aromatic carbocycles. The number of benzene rings is 1. The molecule has 0 radical (unpaired) electrons. The maximum absolute atomic E-state index is 12.9. The van der Waals surface area contributed by atoms with Crippen LogP contribution in [0.2, 0.25) is 0 Å². The van der Waals surface area contributed by atoms with Gasteiger partial charge in [-0.3, -0.25) is 9.69 Å². The number of carbonyl (C=O) groups excluding carboxylic acids is 1. The average molecular weight is 480 g/mol. The summed E-state index contributed by atoms with van der Waals surface area (Å²) in [6, 6.07) is 8.15. The van der Waals surface area contributed by atoms with E-state index in [4.69, 9.17) is 9.72 Å². The van der Waals surface area contributed by atoms with Gasteiger partial charge < -0.3 is 14.5 Å². The zero-order chi connectivity index (χ0) is 23.7. The summed E-state index contributed by atoms with van der Waals surface area (Å²) in [7, 11) is 1.68. The molecule has 4 heterocycles. The average Bonchev–Trinajstić information content (AvgIpc) is 3.28. The van der Waals surface area contributed by atoms with Crippen LogP contribution in [-0.4, -0.2) is 78.6 Å². The van der Waals surface area contributed by atoms with Crippen molar-refractivity contribution in [3.63, 3.8) is 0 Å². The van der Waals surface area contributed by atoms with Gasteiger partial charge in [0.25, 0.3) is 0 Å². The van der Waals surface area contributed by atoms with Crippen LogP contribution in [-0.2, 0) is 4.79 Å². The first kappa shape index (κ1) is 23.1. The highest BCUT2D eigenvalue weighted by Gasteiger charge is 2.28. The lowest BCUT2D eigenvalue weighted by Crippen LogP contribution is -2.52. The lowest BCUT2D eigenvalue weighted by Gasteiger charge is -2.38. The molecule has 0 spiro atoms. The molecule has 2 atom stereocenters. The summed E-state index contributed by atoms with van der Waals surface area (Å²) < 4.78 is 5.32. The van der Waals surface area contributed by atoms with Crippen molar-refractivity contribution >= 4 is 33.3 Å². The molecule has 34 heavy (non-hydrogen) atoms. The Morgan fingerprint density at radius 1 is 1.06 bits per heavy atom. The summed E-state index contributed by atoms with van der Waals surface area (Å²) in [5.74, 6) is 3.29. The van der Waals surface area contributed by atoms with Crippen LogP contribution in [0.1, 0.15) is 20.3 Å². The van der Waals surface area contributed by atoms with Crippen LogP contribution < -0.4 is 9.64 Å². The minimum Gasteiger partial charge on any atom is -0.497 e. The smallest absolute Gasteiger partial charge is 0.236 e. The largest absolute Gasteiger partial charge is 0.497 e. The number of methoxy groups -OCH3 is 1. The number of thiophene rings is 1. The number of aromatic nitrogens is 2. The van der Waals surface area contributed by atoms with Crippen LogP contribution in [0.4, 0.5) is 5.82 Å². The van der Waals surface area contributed by atoms with Gasteiger partial charge in [0.2, 0.25) is 5.91 Å². The Morgan fingerprint density at radius 2 is 1.76 bits per heavy atom. The van der Waals surface area contributed by atoms with Crippen molar-refractivity contribution in [2.45, 2.75) is 20.3 Å². The van der Waals surface area contributed by atoms with Crippen LogP contribution in [0.25, 0.3) is 21.3 Å². The van der Waals surface area contributed by atoms with Crippen LogP contribution in [0.15, 0.2) is 36.0 Å². The fourth-order valence-electron chi connectivity index (χ4n) is 5.36. The third-order valence-corrected chi connectivity index (χ3v) is 7.89. The summed E-state index contributed by atoms with van der Waals surface area (Å²) in [5.41, 5.74) is 2.29. The van der Waals surface area contributed by atoms with Crippen LogP contribution in [0.3, 0.4) is 0 Å². The van der Waals surface area contributed by atoms with E-state index in [1.165, 1.54) is 6.42 Å². The maximum Gasteiger partial charge on any atom is 0.236 e. The molecule has 2 unspecified atom stereocenters. The van der Waals surface area contributed by atoms with Crippen molar-refractivity contribution in [1.82, 2.24) is 19.8 Å². The van der Waals surface area contributed by atoms with E-state index in [0.29, 0.717) is 18.4 Å². The molecule has 2 fully saturated rings. The minimum absolute atomic E-state index is 0.274. The zero-order valence-electron chi connectivity index (χ0n) is 20.2. The molecule has 3 aromatic rings. The predicted octanol–water partition coefficient (Wildman–Crippen LogP) is 3.99.